The van der Waals surface area contributed by atoms with Crippen molar-refractivity contribution < 1.29 is 22.7 Å². The number of carbonyl (C=O) groups excluding carboxylic acids is 1. The first-order valence-corrected chi connectivity index (χ1v) is 10.9. The minimum atomic E-state index is -3.97. The zero-order valence-corrected chi connectivity index (χ0v) is 18.0. The van der Waals surface area contributed by atoms with Crippen LogP contribution in [0.3, 0.4) is 0 Å². The van der Waals surface area contributed by atoms with Crippen molar-refractivity contribution in [1.82, 2.24) is 9.62 Å². The van der Waals surface area contributed by atoms with Crippen molar-refractivity contribution in [3.05, 3.63) is 54.1 Å². The average molecular weight is 421 g/mol. The first kappa shape index (κ1) is 22.7. The van der Waals surface area contributed by atoms with Crippen LogP contribution in [-0.4, -0.2) is 52.6 Å². The fourth-order valence-electron chi connectivity index (χ4n) is 3.02. The van der Waals surface area contributed by atoms with Gasteiger partial charge in [0.25, 0.3) is 0 Å². The van der Waals surface area contributed by atoms with E-state index < -0.39 is 16.1 Å². The molecule has 0 aliphatic heterocycles. The van der Waals surface area contributed by atoms with Crippen molar-refractivity contribution in [1.29, 1.82) is 0 Å². The van der Waals surface area contributed by atoms with Crippen molar-refractivity contribution in [3.63, 3.8) is 0 Å². The fourth-order valence-corrected chi connectivity index (χ4v) is 4.23. The summed E-state index contributed by atoms with van der Waals surface area (Å²) in [5, 5.41) is 0. The van der Waals surface area contributed by atoms with Gasteiger partial charge in [-0.05, 0) is 38.0 Å². The second-order valence-electron chi connectivity index (χ2n) is 6.39. The quantitative estimate of drug-likeness (QED) is 0.638. The Morgan fingerprint density at radius 1 is 1.00 bits per heavy atom. The summed E-state index contributed by atoms with van der Waals surface area (Å²) in [5.74, 6) is 0.458. The summed E-state index contributed by atoms with van der Waals surface area (Å²) >= 11 is 0. The highest BCUT2D eigenvalue weighted by Crippen LogP contribution is 2.29. The van der Waals surface area contributed by atoms with Gasteiger partial charge in [0.05, 0.1) is 19.1 Å². The Balaban J connectivity index is 2.36. The minimum Gasteiger partial charge on any atom is -0.493 e. The third kappa shape index (κ3) is 5.71. The van der Waals surface area contributed by atoms with E-state index in [1.54, 1.807) is 4.90 Å². The van der Waals surface area contributed by atoms with Gasteiger partial charge in [0.2, 0.25) is 15.9 Å². The highest BCUT2D eigenvalue weighted by Gasteiger charge is 2.29. The van der Waals surface area contributed by atoms with Crippen LogP contribution >= 0.6 is 0 Å². The molecule has 0 fully saturated rings. The number of nitrogens with one attached hydrogen (secondary N) is 1. The maximum atomic E-state index is 13.0. The standard InChI is InChI=1S/C21H28N2O5S/c1-5-23(6-2)21(24)18(14-16-10-8-7-9-11-16)22-29(25,26)17-12-13-19(27-3)20(15-17)28-4/h7-13,15,18,22H,5-6,14H2,1-4H3. The Labute approximate surface area is 172 Å². The van der Waals surface area contributed by atoms with E-state index in [9.17, 15) is 13.2 Å². The number of hydrogen-bond donors (Lipinski definition) is 1. The number of nitrogens with zero attached hydrogens (tertiary/aromatic N) is 1. The molecule has 2 aromatic rings. The zero-order chi connectivity index (χ0) is 21.4. The van der Waals surface area contributed by atoms with E-state index in [4.69, 9.17) is 9.47 Å². The monoisotopic (exact) mass is 420 g/mol. The van der Waals surface area contributed by atoms with E-state index in [2.05, 4.69) is 4.72 Å². The van der Waals surface area contributed by atoms with Crippen LogP contribution in [0.2, 0.25) is 0 Å². The van der Waals surface area contributed by atoms with E-state index in [-0.39, 0.29) is 17.2 Å². The normalized spacial score (nSPS) is 12.3. The summed E-state index contributed by atoms with van der Waals surface area (Å²) in [4.78, 5) is 14.6. The molecular formula is C21H28N2O5S. The maximum Gasteiger partial charge on any atom is 0.241 e. The van der Waals surface area contributed by atoms with Crippen LogP contribution in [0.1, 0.15) is 19.4 Å². The second kappa shape index (κ2) is 10.3. The van der Waals surface area contributed by atoms with Gasteiger partial charge in [-0.1, -0.05) is 30.3 Å². The van der Waals surface area contributed by atoms with Gasteiger partial charge >= 0.3 is 0 Å². The number of carbonyl (C=O) groups is 1. The average Bonchev–Trinajstić information content (AvgIpc) is 2.74. The first-order valence-electron chi connectivity index (χ1n) is 9.43. The minimum absolute atomic E-state index is 0.000517. The molecule has 0 spiro atoms. The SMILES string of the molecule is CCN(CC)C(=O)C(Cc1ccccc1)NS(=O)(=O)c1ccc(OC)c(OC)c1. The van der Waals surface area contributed by atoms with Gasteiger partial charge in [-0.3, -0.25) is 4.79 Å². The van der Waals surface area contributed by atoms with Gasteiger partial charge in [-0.25, -0.2) is 8.42 Å². The molecule has 8 heteroatoms. The summed E-state index contributed by atoms with van der Waals surface area (Å²) < 4.78 is 39.0. The van der Waals surface area contributed by atoms with Gasteiger partial charge in [-0.15, -0.1) is 0 Å². The Hall–Kier alpha value is -2.58. The predicted octanol–water partition coefficient (Wildman–Crippen LogP) is 2.46. The Bertz CT molecular complexity index is 912. The van der Waals surface area contributed by atoms with Crippen LogP contribution in [0, 0.1) is 0 Å². The number of sulfonamides is 1. The fraction of sp³-hybridized carbons (Fsp3) is 0.381. The van der Waals surface area contributed by atoms with E-state index >= 15 is 0 Å². The van der Waals surface area contributed by atoms with E-state index in [1.165, 1.54) is 32.4 Å². The molecule has 2 rings (SSSR count). The van der Waals surface area contributed by atoms with Crippen molar-refractivity contribution in [2.45, 2.75) is 31.2 Å². The molecule has 0 bridgehead atoms. The third-order valence-corrected chi connectivity index (χ3v) is 6.09. The van der Waals surface area contributed by atoms with E-state index in [0.29, 0.717) is 24.6 Å². The summed E-state index contributed by atoms with van der Waals surface area (Å²) in [5.41, 5.74) is 0.869. The molecule has 158 valence electrons. The number of likely N-dealkylation sites (N-methyl/N-ethyl adjacent to an activating group) is 1. The molecule has 7 nitrogen and oxygen atoms in total. The van der Waals surface area contributed by atoms with Crippen molar-refractivity contribution in [3.8, 4) is 11.5 Å². The van der Waals surface area contributed by atoms with Crippen LogP contribution in [-0.2, 0) is 21.2 Å². The number of hydrogen-bond acceptors (Lipinski definition) is 5. The molecule has 0 aromatic heterocycles. The van der Waals surface area contributed by atoms with Crippen molar-refractivity contribution in [2.24, 2.45) is 0 Å². The first-order chi connectivity index (χ1) is 13.9. The Morgan fingerprint density at radius 2 is 1.62 bits per heavy atom. The molecular weight excluding hydrogens is 392 g/mol. The van der Waals surface area contributed by atoms with E-state index in [0.717, 1.165) is 5.56 Å². The lowest BCUT2D eigenvalue weighted by atomic mass is 10.1. The molecule has 0 heterocycles. The number of amides is 1. The largest absolute Gasteiger partial charge is 0.493 e. The lowest BCUT2D eigenvalue weighted by molar-refractivity contribution is -0.132. The molecule has 0 saturated carbocycles. The molecule has 1 amide bonds. The number of ether oxygens (including phenoxy) is 2. The van der Waals surface area contributed by atoms with Gasteiger partial charge in [0.1, 0.15) is 6.04 Å². The highest BCUT2D eigenvalue weighted by atomic mass is 32.2. The second-order valence-corrected chi connectivity index (χ2v) is 8.10. The Morgan fingerprint density at radius 3 is 2.17 bits per heavy atom. The summed E-state index contributed by atoms with van der Waals surface area (Å²) in [6, 6.07) is 12.7. The van der Waals surface area contributed by atoms with Gasteiger partial charge in [0.15, 0.2) is 11.5 Å². The maximum absolute atomic E-state index is 13.0. The number of benzene rings is 2. The van der Waals surface area contributed by atoms with Gasteiger partial charge < -0.3 is 14.4 Å². The molecule has 1 unspecified atom stereocenters. The van der Waals surface area contributed by atoms with Crippen LogP contribution in [0.5, 0.6) is 11.5 Å². The molecule has 0 saturated heterocycles. The molecule has 0 aliphatic carbocycles. The lowest BCUT2D eigenvalue weighted by Gasteiger charge is -2.26. The summed E-state index contributed by atoms with van der Waals surface area (Å²) in [6.45, 7) is 4.73. The molecule has 0 radical (unpaired) electrons. The molecule has 29 heavy (non-hydrogen) atoms. The van der Waals surface area contributed by atoms with Crippen molar-refractivity contribution in [2.75, 3.05) is 27.3 Å². The van der Waals surface area contributed by atoms with Gasteiger partial charge in [-0.2, -0.15) is 4.72 Å². The van der Waals surface area contributed by atoms with Gasteiger partial charge in [0, 0.05) is 19.2 Å². The van der Waals surface area contributed by atoms with Crippen LogP contribution in [0.15, 0.2) is 53.4 Å². The molecule has 1 N–H and O–H groups in total. The van der Waals surface area contributed by atoms with E-state index in [1.807, 2.05) is 44.2 Å². The predicted molar refractivity (Wildman–Crippen MR) is 112 cm³/mol. The summed E-state index contributed by atoms with van der Waals surface area (Å²) in [7, 11) is -1.06. The zero-order valence-electron chi connectivity index (χ0n) is 17.2. The summed E-state index contributed by atoms with van der Waals surface area (Å²) in [6.07, 6.45) is 0.253. The van der Waals surface area contributed by atoms with Crippen LogP contribution in [0.4, 0.5) is 0 Å². The smallest absolute Gasteiger partial charge is 0.241 e. The third-order valence-electron chi connectivity index (χ3n) is 4.62. The topological polar surface area (TPSA) is 84.9 Å². The molecule has 2 aromatic carbocycles. The highest BCUT2D eigenvalue weighted by molar-refractivity contribution is 7.89. The van der Waals surface area contributed by atoms with Crippen LogP contribution in [0.25, 0.3) is 0 Å². The Kier molecular flexibility index (Phi) is 8.04. The lowest BCUT2D eigenvalue weighted by Crippen LogP contribution is -2.49. The van der Waals surface area contributed by atoms with Crippen LogP contribution < -0.4 is 14.2 Å². The van der Waals surface area contributed by atoms with Crippen molar-refractivity contribution >= 4 is 15.9 Å². The number of methoxy groups -OCH3 is 2. The number of rotatable bonds is 10. The molecule has 1 atom stereocenters. The molecule has 0 aliphatic rings.